The van der Waals surface area contributed by atoms with Gasteiger partial charge in [-0.2, -0.15) is 0 Å². The van der Waals surface area contributed by atoms with Gasteiger partial charge < -0.3 is 39.4 Å². The number of carboxylic acids is 1. The average Bonchev–Trinajstić information content (AvgIpc) is 2.93. The molecular weight excluding hydrogens is 560 g/mol. The van der Waals surface area contributed by atoms with E-state index in [1.54, 1.807) is 12.1 Å². The second-order valence-corrected chi connectivity index (χ2v) is 10.3. The molecule has 2 aromatic rings. The van der Waals surface area contributed by atoms with Crippen molar-refractivity contribution in [3.8, 4) is 28.7 Å². The normalized spacial score (nSPS) is 11.0. The molecule has 0 unspecified atom stereocenters. The molecule has 0 saturated heterocycles. The van der Waals surface area contributed by atoms with Gasteiger partial charge in [-0.15, -0.1) is 0 Å². The lowest BCUT2D eigenvalue weighted by molar-refractivity contribution is -0.137. The van der Waals surface area contributed by atoms with Crippen LogP contribution in [0.1, 0.15) is 30.4 Å². The molecule has 2 rings (SSSR count). The standard InChI is InChI=1S/C27H34N2O11S/c1-36-19-15-22(38-3)20(23(16-19)39-4)10-13-41(34,35)17-18-8-9-21(37-2)24(14-18)40-27(33)29-12-11-28-25(30)6-5-7-26(31)32/h8-10,13-16H,5-7,11-12,17H2,1-4H3,(H,28,30)(H,29,33)(H,31,32). The Morgan fingerprint density at radius 1 is 0.829 bits per heavy atom. The fraction of sp³-hybridized carbons (Fsp3) is 0.370. The molecule has 224 valence electrons. The Balaban J connectivity index is 2.04. The molecule has 0 spiro atoms. The molecule has 0 heterocycles. The number of rotatable bonds is 16. The van der Waals surface area contributed by atoms with Crippen molar-refractivity contribution in [1.29, 1.82) is 0 Å². The lowest BCUT2D eigenvalue weighted by Gasteiger charge is -2.13. The first-order chi connectivity index (χ1) is 19.5. The molecule has 0 bridgehead atoms. The minimum atomic E-state index is -3.79. The molecule has 0 radical (unpaired) electrons. The van der Waals surface area contributed by atoms with Gasteiger partial charge in [-0.3, -0.25) is 9.59 Å². The van der Waals surface area contributed by atoms with Crippen LogP contribution >= 0.6 is 0 Å². The molecule has 0 aliphatic heterocycles. The molecule has 2 aromatic carbocycles. The van der Waals surface area contributed by atoms with Gasteiger partial charge in [-0.25, -0.2) is 13.2 Å². The van der Waals surface area contributed by atoms with Gasteiger partial charge in [0, 0.05) is 43.5 Å². The van der Waals surface area contributed by atoms with Gasteiger partial charge in [0.2, 0.25) is 5.91 Å². The third-order valence-electron chi connectivity index (χ3n) is 5.50. The number of carbonyl (C=O) groups excluding carboxylic acids is 2. The van der Waals surface area contributed by atoms with E-state index in [4.69, 9.17) is 28.8 Å². The van der Waals surface area contributed by atoms with Crippen molar-refractivity contribution >= 4 is 33.9 Å². The number of hydrogen-bond acceptors (Lipinski definition) is 10. The number of nitrogens with one attached hydrogen (secondary N) is 2. The Bertz CT molecular complexity index is 1330. The highest BCUT2D eigenvalue weighted by Gasteiger charge is 2.16. The number of carbonyl (C=O) groups is 3. The van der Waals surface area contributed by atoms with E-state index >= 15 is 0 Å². The number of amides is 2. The summed E-state index contributed by atoms with van der Waals surface area (Å²) in [6.45, 7) is 0.148. The average molecular weight is 595 g/mol. The molecule has 13 nitrogen and oxygen atoms in total. The highest BCUT2D eigenvalue weighted by molar-refractivity contribution is 7.93. The Labute approximate surface area is 238 Å². The molecule has 3 N–H and O–H groups in total. The Morgan fingerprint density at radius 2 is 1.46 bits per heavy atom. The van der Waals surface area contributed by atoms with Crippen molar-refractivity contribution in [1.82, 2.24) is 10.6 Å². The molecule has 2 amide bonds. The largest absolute Gasteiger partial charge is 0.496 e. The van der Waals surface area contributed by atoms with Gasteiger partial charge in [0.15, 0.2) is 21.3 Å². The van der Waals surface area contributed by atoms with Crippen LogP contribution in [0.15, 0.2) is 35.7 Å². The summed E-state index contributed by atoms with van der Waals surface area (Å²) in [7, 11) is 1.94. The third kappa shape index (κ3) is 10.9. The van der Waals surface area contributed by atoms with Crippen LogP contribution in [0, 0.1) is 0 Å². The molecule has 14 heteroatoms. The summed E-state index contributed by atoms with van der Waals surface area (Å²) < 4.78 is 52.2. The summed E-state index contributed by atoms with van der Waals surface area (Å²) >= 11 is 0. The van der Waals surface area contributed by atoms with Crippen molar-refractivity contribution in [3.63, 3.8) is 0 Å². The SMILES string of the molecule is COc1cc(OC)c(C=CS(=O)(=O)Cc2ccc(OC)c(OC(=O)NCCNC(=O)CCCC(=O)O)c2)c(OC)c1. The van der Waals surface area contributed by atoms with Crippen LogP contribution in [0.5, 0.6) is 28.7 Å². The van der Waals surface area contributed by atoms with Crippen LogP contribution in [-0.2, 0) is 25.2 Å². The molecule has 0 aliphatic carbocycles. The van der Waals surface area contributed by atoms with E-state index in [0.717, 1.165) is 5.41 Å². The summed E-state index contributed by atoms with van der Waals surface area (Å²) in [5.41, 5.74) is 0.742. The smallest absolute Gasteiger partial charge is 0.412 e. The van der Waals surface area contributed by atoms with Gasteiger partial charge in [0.1, 0.15) is 17.2 Å². The number of sulfone groups is 1. The first-order valence-corrected chi connectivity index (χ1v) is 14.0. The van der Waals surface area contributed by atoms with Crippen LogP contribution in [0.2, 0.25) is 0 Å². The zero-order valence-electron chi connectivity index (χ0n) is 23.2. The zero-order chi connectivity index (χ0) is 30.4. The Morgan fingerprint density at radius 3 is 2.05 bits per heavy atom. The minimum absolute atomic E-state index is 0.00196. The highest BCUT2D eigenvalue weighted by atomic mass is 32.2. The van der Waals surface area contributed by atoms with Crippen LogP contribution in [-0.4, -0.2) is 73.0 Å². The summed E-state index contributed by atoms with van der Waals surface area (Å²) in [6.07, 6.45) is 0.679. The maximum absolute atomic E-state index is 12.9. The van der Waals surface area contributed by atoms with Crippen LogP contribution in [0.25, 0.3) is 6.08 Å². The van der Waals surface area contributed by atoms with E-state index < -0.39 is 27.7 Å². The molecular formula is C27H34N2O11S. The van der Waals surface area contributed by atoms with Crippen molar-refractivity contribution in [2.24, 2.45) is 0 Å². The first-order valence-electron chi connectivity index (χ1n) is 12.3. The third-order valence-corrected chi connectivity index (χ3v) is 6.79. The lowest BCUT2D eigenvalue weighted by atomic mass is 10.1. The Hall–Kier alpha value is -4.46. The minimum Gasteiger partial charge on any atom is -0.496 e. The summed E-state index contributed by atoms with van der Waals surface area (Å²) in [5.74, 6) is -0.325. The fourth-order valence-corrected chi connectivity index (χ4v) is 4.61. The van der Waals surface area contributed by atoms with Crippen molar-refractivity contribution in [2.45, 2.75) is 25.0 Å². The van der Waals surface area contributed by atoms with Crippen molar-refractivity contribution < 1.29 is 51.6 Å². The van der Waals surface area contributed by atoms with E-state index in [0.29, 0.717) is 28.4 Å². The second-order valence-electron chi connectivity index (χ2n) is 8.45. The topological polar surface area (TPSA) is 176 Å². The molecule has 0 fully saturated rings. The summed E-state index contributed by atoms with van der Waals surface area (Å²) in [5, 5.41) is 14.7. The molecule has 0 saturated carbocycles. The van der Waals surface area contributed by atoms with Gasteiger partial charge in [0.05, 0.1) is 39.8 Å². The lowest BCUT2D eigenvalue weighted by Crippen LogP contribution is -2.36. The van der Waals surface area contributed by atoms with E-state index in [9.17, 15) is 22.8 Å². The van der Waals surface area contributed by atoms with Gasteiger partial charge in [-0.1, -0.05) is 6.07 Å². The maximum Gasteiger partial charge on any atom is 0.412 e. The number of benzene rings is 2. The Kier molecular flexibility index (Phi) is 12.7. The first kappa shape index (κ1) is 32.8. The van der Waals surface area contributed by atoms with E-state index in [1.807, 2.05) is 0 Å². The maximum atomic E-state index is 12.9. The van der Waals surface area contributed by atoms with Gasteiger partial charge in [0.25, 0.3) is 0 Å². The second kappa shape index (κ2) is 16.0. The van der Waals surface area contributed by atoms with E-state index in [2.05, 4.69) is 10.6 Å². The molecule has 41 heavy (non-hydrogen) atoms. The molecule has 0 aromatic heterocycles. The van der Waals surface area contributed by atoms with Gasteiger partial charge >= 0.3 is 12.1 Å². The van der Waals surface area contributed by atoms with E-state index in [-0.39, 0.29) is 49.8 Å². The van der Waals surface area contributed by atoms with E-state index in [1.165, 1.54) is 52.7 Å². The molecule has 0 atom stereocenters. The summed E-state index contributed by atoms with van der Waals surface area (Å²) in [4.78, 5) is 34.4. The van der Waals surface area contributed by atoms with Crippen molar-refractivity contribution in [2.75, 3.05) is 41.5 Å². The highest BCUT2D eigenvalue weighted by Crippen LogP contribution is 2.35. The van der Waals surface area contributed by atoms with Crippen LogP contribution in [0.3, 0.4) is 0 Å². The summed E-state index contributed by atoms with van der Waals surface area (Å²) in [6, 6.07) is 7.59. The zero-order valence-corrected chi connectivity index (χ0v) is 24.0. The quantitative estimate of drug-likeness (QED) is 0.244. The predicted molar refractivity (Wildman–Crippen MR) is 149 cm³/mol. The monoisotopic (exact) mass is 594 g/mol. The number of hydrogen-bond donors (Lipinski definition) is 3. The predicted octanol–water partition coefficient (Wildman–Crippen LogP) is 2.77. The number of carboxylic acid groups (broad SMARTS) is 1. The molecule has 0 aliphatic rings. The fourth-order valence-electron chi connectivity index (χ4n) is 3.53. The number of aliphatic carboxylic acids is 1. The van der Waals surface area contributed by atoms with Crippen LogP contribution in [0.4, 0.5) is 4.79 Å². The van der Waals surface area contributed by atoms with Gasteiger partial charge in [-0.05, 0) is 30.2 Å². The number of ether oxygens (including phenoxy) is 5. The van der Waals surface area contributed by atoms with Crippen molar-refractivity contribution in [3.05, 3.63) is 46.9 Å². The van der Waals surface area contributed by atoms with Crippen LogP contribution < -0.4 is 34.3 Å². The number of methoxy groups -OCH3 is 4.